The number of nitrogens with zero attached hydrogens (tertiary/aromatic N) is 2. The molecule has 2 atom stereocenters. The van der Waals surface area contributed by atoms with Crippen molar-refractivity contribution in [2.45, 2.75) is 31.4 Å². The Balaban J connectivity index is 1.27. The van der Waals surface area contributed by atoms with Crippen molar-refractivity contribution in [3.63, 3.8) is 0 Å². The van der Waals surface area contributed by atoms with Gasteiger partial charge in [0, 0.05) is 33.5 Å². The predicted molar refractivity (Wildman–Crippen MR) is 184 cm³/mol. The van der Waals surface area contributed by atoms with E-state index in [-0.39, 0.29) is 24.4 Å². The summed E-state index contributed by atoms with van der Waals surface area (Å²) in [6.07, 6.45) is -0.0575. The molecule has 0 aromatic heterocycles. The Morgan fingerprint density at radius 1 is 0.652 bits per heavy atom. The van der Waals surface area contributed by atoms with Crippen LogP contribution in [0.25, 0.3) is 22.3 Å². The highest BCUT2D eigenvalue weighted by molar-refractivity contribution is 6.93. The Morgan fingerprint density at radius 2 is 1.39 bits per heavy atom. The van der Waals surface area contributed by atoms with Gasteiger partial charge >= 0.3 is 6.85 Å². The number of anilines is 4. The molecule has 4 nitrogen and oxygen atoms in total. The molecule has 0 saturated carbocycles. The molecule has 216 valence electrons. The number of hydrogen-bond acceptors (Lipinski definition) is 4. The van der Waals surface area contributed by atoms with E-state index in [1.165, 1.54) is 66.8 Å². The average molecular weight is 590 g/mol. The zero-order valence-electron chi connectivity index (χ0n) is 25.4. The summed E-state index contributed by atoms with van der Waals surface area (Å²) in [4.78, 5) is 5.20. The zero-order chi connectivity index (χ0) is 30.1. The van der Waals surface area contributed by atoms with Crippen molar-refractivity contribution in [3.8, 4) is 39.5 Å². The number of fused-ring (bicyclic) bond motifs is 15. The van der Waals surface area contributed by atoms with Crippen LogP contribution in [-0.2, 0) is 5.41 Å². The van der Waals surface area contributed by atoms with E-state index in [0.717, 1.165) is 28.6 Å². The average Bonchev–Trinajstić information content (AvgIpc) is 3.70. The first-order valence-corrected chi connectivity index (χ1v) is 16.3. The quantitative estimate of drug-likeness (QED) is 0.165. The van der Waals surface area contributed by atoms with Crippen LogP contribution < -0.4 is 30.1 Å². The molecule has 12 rings (SSSR count). The summed E-state index contributed by atoms with van der Waals surface area (Å²) in [5.74, 6) is 2.79. The molecule has 46 heavy (non-hydrogen) atoms. The number of hydrogen-bond donors (Lipinski definition) is 0. The van der Waals surface area contributed by atoms with Crippen LogP contribution in [0.4, 0.5) is 22.7 Å². The van der Waals surface area contributed by atoms with Crippen LogP contribution in [0.3, 0.4) is 0 Å². The van der Waals surface area contributed by atoms with Gasteiger partial charge in [-0.05, 0) is 69.1 Å². The van der Waals surface area contributed by atoms with E-state index in [1.54, 1.807) is 0 Å². The van der Waals surface area contributed by atoms with Crippen LogP contribution in [0.5, 0.6) is 17.2 Å². The van der Waals surface area contributed by atoms with E-state index < -0.39 is 0 Å². The molecule has 5 heteroatoms. The maximum Gasteiger partial charge on any atom is 0.329 e. The summed E-state index contributed by atoms with van der Waals surface area (Å²) in [6, 6.07) is 42.3. The van der Waals surface area contributed by atoms with Gasteiger partial charge in [0.25, 0.3) is 0 Å². The van der Waals surface area contributed by atoms with Gasteiger partial charge in [-0.25, -0.2) is 0 Å². The Morgan fingerprint density at radius 3 is 2.33 bits per heavy atom. The summed E-state index contributed by atoms with van der Waals surface area (Å²) >= 11 is 0. The smallest absolute Gasteiger partial charge is 0.329 e. The summed E-state index contributed by atoms with van der Waals surface area (Å²) in [7, 11) is 0. The van der Waals surface area contributed by atoms with Gasteiger partial charge in [0.2, 0.25) is 0 Å². The van der Waals surface area contributed by atoms with Gasteiger partial charge in [-0.15, -0.1) is 0 Å². The topological polar surface area (TPSA) is 24.9 Å². The molecule has 0 spiro atoms. The highest BCUT2D eigenvalue weighted by atomic mass is 16.5. The van der Waals surface area contributed by atoms with Gasteiger partial charge < -0.3 is 19.2 Å². The SMILES string of the molecule is CC1(C)c2ccccc2-c2cc3c4c(c21)-c1cccc2c1N(B4c1cccc4c1N3c1ccccc1O4)C1c3ccccc3OC21. The van der Waals surface area contributed by atoms with Crippen LogP contribution in [-0.4, -0.2) is 6.85 Å². The van der Waals surface area contributed by atoms with Crippen LogP contribution in [0, 0.1) is 0 Å². The molecular weight excluding hydrogens is 563 g/mol. The van der Waals surface area contributed by atoms with E-state index in [9.17, 15) is 0 Å². The first-order chi connectivity index (χ1) is 22.6. The molecular formula is C41H27BN2O2. The molecule has 0 bridgehead atoms. The minimum atomic E-state index is -0.158. The van der Waals surface area contributed by atoms with Gasteiger partial charge in [-0.3, -0.25) is 0 Å². The van der Waals surface area contributed by atoms with E-state index in [0.29, 0.717) is 0 Å². The minimum absolute atomic E-state index is 0.00622. The highest BCUT2D eigenvalue weighted by Crippen LogP contribution is 2.64. The minimum Gasteiger partial charge on any atom is -0.483 e. The number of ether oxygens (including phenoxy) is 2. The molecule has 1 aliphatic carbocycles. The molecule has 0 N–H and O–H groups in total. The lowest BCUT2D eigenvalue weighted by Crippen LogP contribution is -2.63. The monoisotopic (exact) mass is 590 g/mol. The first kappa shape index (κ1) is 23.9. The molecule has 6 aliphatic rings. The Hall–Kier alpha value is -5.42. The third kappa shape index (κ3) is 2.50. The first-order valence-electron chi connectivity index (χ1n) is 16.3. The Bertz CT molecular complexity index is 2410. The fourth-order valence-electron chi connectivity index (χ4n) is 9.86. The standard InChI is InChI=1S/C41H27BN2O2/c1-41(2)27-15-5-3-11-22(27)26-21-30-36-34(35(26)41)24-13-9-14-25-37(24)44(38-23-12-4-7-18-31(23)46-40(25)38)42(36)28-16-10-20-33-39(28)43(30)29-17-6-8-19-32(29)45-33/h3-21,38,40H,1-2H3. The van der Waals surface area contributed by atoms with Gasteiger partial charge in [-0.2, -0.15) is 0 Å². The van der Waals surface area contributed by atoms with Crippen molar-refractivity contribution >= 4 is 40.5 Å². The van der Waals surface area contributed by atoms with Gasteiger partial charge in [0.15, 0.2) is 11.5 Å². The van der Waals surface area contributed by atoms with Gasteiger partial charge in [0.1, 0.15) is 11.9 Å². The summed E-state index contributed by atoms with van der Waals surface area (Å²) in [6.45, 7) is 4.82. The molecule has 6 aromatic carbocycles. The normalized spacial score (nSPS) is 19.9. The molecule has 0 saturated heterocycles. The van der Waals surface area contributed by atoms with Crippen molar-refractivity contribution in [2.75, 3.05) is 9.71 Å². The summed E-state index contributed by atoms with van der Waals surface area (Å²) in [5.41, 5.74) is 18.1. The lowest BCUT2D eigenvalue weighted by atomic mass is 9.42. The summed E-state index contributed by atoms with van der Waals surface area (Å²) in [5, 5.41) is 0. The van der Waals surface area contributed by atoms with Crippen LogP contribution in [0.15, 0.2) is 115 Å². The third-order valence-corrected chi connectivity index (χ3v) is 11.5. The van der Waals surface area contributed by atoms with Crippen LogP contribution in [0.2, 0.25) is 0 Å². The molecule has 0 radical (unpaired) electrons. The second-order valence-electron chi connectivity index (χ2n) is 14.0. The van der Waals surface area contributed by atoms with E-state index in [2.05, 4.69) is 139 Å². The fraction of sp³-hybridized carbons (Fsp3) is 0.122. The van der Waals surface area contributed by atoms with Crippen molar-refractivity contribution in [2.24, 2.45) is 0 Å². The van der Waals surface area contributed by atoms with Gasteiger partial charge in [0.05, 0.1) is 17.4 Å². The maximum absolute atomic E-state index is 6.83. The van der Waals surface area contributed by atoms with Crippen molar-refractivity contribution in [1.29, 1.82) is 0 Å². The number of para-hydroxylation sites is 5. The molecule has 5 heterocycles. The number of rotatable bonds is 0. The fourth-order valence-corrected chi connectivity index (χ4v) is 9.86. The molecule has 5 aliphatic heterocycles. The highest BCUT2D eigenvalue weighted by Gasteiger charge is 2.58. The lowest BCUT2D eigenvalue weighted by Gasteiger charge is -2.48. The van der Waals surface area contributed by atoms with Crippen LogP contribution >= 0.6 is 0 Å². The van der Waals surface area contributed by atoms with E-state index in [1.807, 2.05) is 0 Å². The van der Waals surface area contributed by atoms with Gasteiger partial charge in [-0.1, -0.05) is 98.8 Å². The molecule has 0 amide bonds. The number of benzene rings is 6. The third-order valence-electron chi connectivity index (χ3n) is 11.5. The predicted octanol–water partition coefficient (Wildman–Crippen LogP) is 8.66. The second-order valence-corrected chi connectivity index (χ2v) is 14.0. The van der Waals surface area contributed by atoms with E-state index in [4.69, 9.17) is 9.47 Å². The van der Waals surface area contributed by atoms with Crippen molar-refractivity contribution in [1.82, 2.24) is 0 Å². The van der Waals surface area contributed by atoms with Crippen molar-refractivity contribution in [3.05, 3.63) is 138 Å². The Labute approximate surface area is 267 Å². The molecule has 0 fully saturated rings. The maximum atomic E-state index is 6.83. The van der Waals surface area contributed by atoms with Crippen LogP contribution in [0.1, 0.15) is 48.2 Å². The lowest BCUT2D eigenvalue weighted by molar-refractivity contribution is 0.224. The van der Waals surface area contributed by atoms with Crippen molar-refractivity contribution < 1.29 is 9.47 Å². The molecule has 6 aromatic rings. The zero-order valence-corrected chi connectivity index (χ0v) is 25.4. The Kier molecular flexibility index (Phi) is 3.99. The summed E-state index contributed by atoms with van der Waals surface area (Å²) < 4.78 is 13.5. The molecule has 2 unspecified atom stereocenters. The largest absolute Gasteiger partial charge is 0.483 e. The second kappa shape index (κ2) is 7.68. The van der Waals surface area contributed by atoms with E-state index >= 15 is 0 Å².